The summed E-state index contributed by atoms with van der Waals surface area (Å²) in [6.45, 7) is 13.1. The number of rotatable bonds is 6. The van der Waals surface area contributed by atoms with Crippen molar-refractivity contribution in [1.82, 2.24) is 40.9 Å². The lowest BCUT2D eigenvalue weighted by Crippen LogP contribution is -2.52. The molecule has 0 aromatic carbocycles. The van der Waals surface area contributed by atoms with Crippen molar-refractivity contribution in [2.75, 3.05) is 105 Å². The Morgan fingerprint density at radius 2 is 0.632 bits per heavy atom. The van der Waals surface area contributed by atoms with Crippen LogP contribution in [0.4, 0.5) is 0 Å². The van der Waals surface area contributed by atoms with Crippen LogP contribution in [0.25, 0.3) is 0 Å². The summed E-state index contributed by atoms with van der Waals surface area (Å²) in [6, 6.07) is 0. The molecule has 0 aromatic rings. The molecule has 0 spiro atoms. The normalized spacial score (nSPS) is 40.6. The van der Waals surface area contributed by atoms with Gasteiger partial charge in [0.2, 0.25) is 23.6 Å². The van der Waals surface area contributed by atoms with E-state index in [2.05, 4.69) is 52.6 Å². The fourth-order valence-corrected chi connectivity index (χ4v) is 15.6. The molecule has 5 aliphatic heterocycles. The maximum atomic E-state index is 14.1. The van der Waals surface area contributed by atoms with Crippen molar-refractivity contribution in [2.45, 2.75) is 87.5 Å². The molecule has 9 fully saturated rings. The number of carbonyl (C=O) groups is 4. The molecule has 9 aliphatic rings. The summed E-state index contributed by atoms with van der Waals surface area (Å²) in [5, 5.41) is 15.1. The third-order valence-electron chi connectivity index (χ3n) is 16.6. The van der Waals surface area contributed by atoms with Gasteiger partial charge in [-0.25, -0.2) is 0 Å². The van der Waals surface area contributed by atoms with Gasteiger partial charge in [-0.15, -0.1) is 0 Å². The van der Waals surface area contributed by atoms with Gasteiger partial charge < -0.3 is 40.9 Å². The van der Waals surface area contributed by atoms with Gasteiger partial charge in [-0.1, -0.05) is 0 Å². The standard InChI is InChI=1S/C44H72N8O4S/c53-41(49-13-5-45-6-14-49)33-21-31(22-34(25-33)42(54)50-15-7-46-8-16-50)29-1-3-39-37(27-29)38-28-30(2-4-40(38)57-39)32-23-35(43(55)51-17-9-47-10-18-51)26-36(24-32)44(56)52-19-11-48-12-20-52/h29-40,45-48H,1-28H2. The number of thioether (sulfide) groups is 1. The lowest BCUT2D eigenvalue weighted by atomic mass is 9.60. The van der Waals surface area contributed by atoms with E-state index in [1.54, 1.807) is 0 Å². The summed E-state index contributed by atoms with van der Waals surface area (Å²) >= 11 is 2.31. The number of carbonyl (C=O) groups excluding carboxylic acids is 4. The molecular formula is C44H72N8O4S. The van der Waals surface area contributed by atoms with Crippen LogP contribution in [0.5, 0.6) is 0 Å². The minimum absolute atomic E-state index is 0.0405. The highest BCUT2D eigenvalue weighted by molar-refractivity contribution is 8.00. The molecule has 12 nitrogen and oxygen atoms in total. The predicted molar refractivity (Wildman–Crippen MR) is 223 cm³/mol. The lowest BCUT2D eigenvalue weighted by molar-refractivity contribution is -0.145. The van der Waals surface area contributed by atoms with Crippen LogP contribution in [0.15, 0.2) is 0 Å². The Bertz CT molecular complexity index is 1250. The Labute approximate surface area is 345 Å². The van der Waals surface area contributed by atoms with E-state index in [0.717, 1.165) is 154 Å². The van der Waals surface area contributed by atoms with Crippen LogP contribution in [0.3, 0.4) is 0 Å². The monoisotopic (exact) mass is 809 g/mol. The first-order valence-corrected chi connectivity index (χ1v) is 24.5. The van der Waals surface area contributed by atoms with E-state index in [-0.39, 0.29) is 23.7 Å². The van der Waals surface area contributed by atoms with Gasteiger partial charge in [0, 0.05) is 139 Å². The van der Waals surface area contributed by atoms with Crippen LogP contribution in [0.2, 0.25) is 0 Å². The predicted octanol–water partition coefficient (Wildman–Crippen LogP) is 2.10. The summed E-state index contributed by atoms with van der Waals surface area (Å²) in [7, 11) is 0. The average molecular weight is 809 g/mol. The van der Waals surface area contributed by atoms with Crippen molar-refractivity contribution >= 4 is 35.4 Å². The molecule has 13 heteroatoms. The van der Waals surface area contributed by atoms with E-state index >= 15 is 0 Å². The largest absolute Gasteiger partial charge is 0.340 e. The molecule has 318 valence electrons. The van der Waals surface area contributed by atoms with Crippen molar-refractivity contribution in [3.8, 4) is 0 Å². The molecule has 4 aliphatic carbocycles. The van der Waals surface area contributed by atoms with Crippen molar-refractivity contribution in [3.63, 3.8) is 0 Å². The first kappa shape index (κ1) is 40.5. The lowest BCUT2D eigenvalue weighted by Gasteiger charge is -2.46. The van der Waals surface area contributed by atoms with Crippen LogP contribution in [-0.4, -0.2) is 158 Å². The van der Waals surface area contributed by atoms with Gasteiger partial charge in [-0.2, -0.15) is 11.8 Å². The zero-order valence-electron chi connectivity index (χ0n) is 34.6. The first-order chi connectivity index (χ1) is 27.9. The SMILES string of the molecule is O=C(C1CC(C(=O)N2CCNCC2)CC(C2CCC3SC4CCC(C5CC(C(=O)N6CCNCC6)CC(C(=O)N6CCNCC6)C5)CC4C3C2)C1)N1CCNCC1. The third-order valence-corrected chi connectivity index (χ3v) is 18.5. The third kappa shape index (κ3) is 8.94. The molecule has 4 saturated carbocycles. The molecule has 57 heavy (non-hydrogen) atoms. The maximum Gasteiger partial charge on any atom is 0.225 e. The van der Waals surface area contributed by atoms with Crippen molar-refractivity contribution in [2.24, 2.45) is 59.2 Å². The van der Waals surface area contributed by atoms with E-state index in [0.29, 0.717) is 59.1 Å². The summed E-state index contributed by atoms with van der Waals surface area (Å²) in [5.41, 5.74) is 0. The molecule has 9 rings (SSSR count). The van der Waals surface area contributed by atoms with E-state index in [1.807, 2.05) is 0 Å². The molecule has 5 saturated heterocycles. The Balaban J connectivity index is 0.893. The average Bonchev–Trinajstić information content (AvgIpc) is 3.66. The van der Waals surface area contributed by atoms with Crippen LogP contribution in [0.1, 0.15) is 77.0 Å². The Morgan fingerprint density at radius 1 is 0.351 bits per heavy atom. The van der Waals surface area contributed by atoms with Gasteiger partial charge in [-0.3, -0.25) is 19.2 Å². The Hall–Kier alpha value is -1.93. The Morgan fingerprint density at radius 3 is 0.912 bits per heavy atom. The van der Waals surface area contributed by atoms with Gasteiger partial charge in [0.05, 0.1) is 0 Å². The molecule has 4 N–H and O–H groups in total. The summed E-state index contributed by atoms with van der Waals surface area (Å²) in [6.07, 6.45) is 12.8. The highest BCUT2D eigenvalue weighted by Crippen LogP contribution is 2.60. The zero-order chi connectivity index (χ0) is 38.9. The van der Waals surface area contributed by atoms with Gasteiger partial charge in [0.15, 0.2) is 0 Å². The second kappa shape index (κ2) is 18.4. The minimum Gasteiger partial charge on any atom is -0.340 e. The molecule has 5 heterocycles. The van der Waals surface area contributed by atoms with E-state index in [4.69, 9.17) is 0 Å². The number of nitrogens with one attached hydrogen (secondary N) is 4. The number of fused-ring (bicyclic) bond motifs is 3. The Kier molecular flexibility index (Phi) is 13.0. The van der Waals surface area contributed by atoms with Crippen molar-refractivity contribution < 1.29 is 19.2 Å². The second-order valence-electron chi connectivity index (χ2n) is 19.7. The topological polar surface area (TPSA) is 129 Å². The van der Waals surface area contributed by atoms with E-state index in [1.165, 1.54) is 38.5 Å². The molecule has 4 amide bonds. The molecular weight excluding hydrogens is 737 g/mol. The molecule has 0 radical (unpaired) electrons. The summed E-state index contributed by atoms with van der Waals surface area (Å²) in [4.78, 5) is 64.7. The molecule has 0 bridgehead atoms. The van der Waals surface area contributed by atoms with Crippen LogP contribution in [-0.2, 0) is 19.2 Å². The maximum absolute atomic E-state index is 14.1. The molecule has 10 unspecified atom stereocenters. The minimum atomic E-state index is -0.0405. The first-order valence-electron chi connectivity index (χ1n) is 23.5. The number of amides is 4. The van der Waals surface area contributed by atoms with Crippen molar-refractivity contribution in [1.29, 1.82) is 0 Å². The van der Waals surface area contributed by atoms with E-state index < -0.39 is 0 Å². The number of hydrogen-bond acceptors (Lipinski definition) is 9. The summed E-state index contributed by atoms with van der Waals surface area (Å²) in [5.74, 6) is 4.48. The van der Waals surface area contributed by atoms with Crippen LogP contribution >= 0.6 is 11.8 Å². The highest BCUT2D eigenvalue weighted by atomic mass is 32.2. The van der Waals surface area contributed by atoms with Gasteiger partial charge in [0.25, 0.3) is 0 Å². The van der Waals surface area contributed by atoms with Crippen LogP contribution in [0, 0.1) is 59.2 Å². The fourth-order valence-electron chi connectivity index (χ4n) is 13.6. The van der Waals surface area contributed by atoms with Gasteiger partial charge in [-0.05, 0) is 113 Å². The fraction of sp³-hybridized carbons (Fsp3) is 0.909. The zero-order valence-corrected chi connectivity index (χ0v) is 35.4. The molecule has 0 aromatic heterocycles. The van der Waals surface area contributed by atoms with Crippen molar-refractivity contribution in [3.05, 3.63) is 0 Å². The molecule has 10 atom stereocenters. The second-order valence-corrected chi connectivity index (χ2v) is 21.2. The number of hydrogen-bond donors (Lipinski definition) is 4. The quantitative estimate of drug-likeness (QED) is 0.319. The highest BCUT2D eigenvalue weighted by Gasteiger charge is 2.53. The van der Waals surface area contributed by atoms with E-state index in [9.17, 15) is 19.2 Å². The number of piperazine rings is 4. The summed E-state index contributed by atoms with van der Waals surface area (Å²) < 4.78 is 0. The van der Waals surface area contributed by atoms with Gasteiger partial charge in [0.1, 0.15) is 0 Å². The van der Waals surface area contributed by atoms with Gasteiger partial charge >= 0.3 is 0 Å². The smallest absolute Gasteiger partial charge is 0.225 e. The number of nitrogens with zero attached hydrogens (tertiary/aromatic N) is 4. The van der Waals surface area contributed by atoms with Crippen LogP contribution < -0.4 is 21.3 Å².